The minimum Gasteiger partial charge on any atom is -0.550 e. The number of carboxylic acid groups (broad SMARTS) is 2. The monoisotopic (exact) mass is 296 g/mol. The van der Waals surface area contributed by atoms with Crippen LogP contribution in [0.2, 0.25) is 0 Å². The number of alkyl halides is 2. The van der Waals surface area contributed by atoms with Crippen molar-refractivity contribution < 1.29 is 55.9 Å². The van der Waals surface area contributed by atoms with Gasteiger partial charge in [0.15, 0.2) is 0 Å². The molecule has 72 valence electrons. The van der Waals surface area contributed by atoms with Crippen LogP contribution in [0.3, 0.4) is 0 Å². The zero-order chi connectivity index (χ0) is 9.98. The number of hydrogen-bond donors (Lipinski definition) is 0. The van der Waals surface area contributed by atoms with Crippen molar-refractivity contribution in [2.45, 2.75) is 12.8 Å². The van der Waals surface area contributed by atoms with Gasteiger partial charge in [0, 0.05) is 24.8 Å². The molecule has 0 rings (SSSR count). The number of rotatable bonds is 4. The topological polar surface area (TPSA) is 80.3 Å². The van der Waals surface area contributed by atoms with Gasteiger partial charge in [0.05, 0.1) is 13.3 Å². The summed E-state index contributed by atoms with van der Waals surface area (Å²) in [7, 11) is 0. The van der Waals surface area contributed by atoms with Gasteiger partial charge in [-0.05, 0) is 0 Å². The molecule has 0 N–H and O–H groups in total. The van der Waals surface area contributed by atoms with Gasteiger partial charge in [0.2, 0.25) is 0 Å². The van der Waals surface area contributed by atoms with Gasteiger partial charge < -0.3 is 19.8 Å². The van der Waals surface area contributed by atoms with E-state index in [9.17, 15) is 28.6 Å². The minimum atomic E-state index is -1.34. The molecular weight excluding hydrogens is 286 g/mol. The van der Waals surface area contributed by atoms with E-state index in [-0.39, 0.29) is 27.3 Å². The fourth-order valence-corrected chi connectivity index (χ4v) is 0.154. The van der Waals surface area contributed by atoms with Crippen LogP contribution in [0.1, 0.15) is 12.8 Å². The maximum absolute atomic E-state index is 10.8. The minimum absolute atomic E-state index is 0. The number of hydrogen-bond acceptors (Lipinski definition) is 4. The predicted molar refractivity (Wildman–Crippen MR) is 31.2 cm³/mol. The normalized spacial score (nSPS) is 7.54. The molecule has 0 aliphatic rings. The van der Waals surface area contributed by atoms with Crippen LogP contribution in [-0.2, 0) is 36.9 Å². The Bertz CT molecular complexity index is 127. The van der Waals surface area contributed by atoms with Crippen LogP contribution < -0.4 is 10.2 Å². The van der Waals surface area contributed by atoms with Gasteiger partial charge in [-0.1, -0.05) is 0 Å². The fraction of sp³-hybridized carbons (Fsp3) is 0.667. The molecule has 0 saturated carbocycles. The van der Waals surface area contributed by atoms with Gasteiger partial charge in [-0.15, -0.1) is 0 Å². The SMILES string of the molecule is O=C([O-])CCF.O=C([O-])CCF.[Cd+2]. The molecule has 0 atom stereocenters. The molecule has 0 bridgehead atoms. The third-order valence-electron chi connectivity index (χ3n) is 0.597. The summed E-state index contributed by atoms with van der Waals surface area (Å²) in [5.74, 6) is -2.67. The van der Waals surface area contributed by atoms with Gasteiger partial charge in [-0.3, -0.25) is 8.78 Å². The predicted octanol–water partition coefficient (Wildman–Crippen LogP) is -1.81. The molecule has 0 aromatic carbocycles. The van der Waals surface area contributed by atoms with E-state index in [1.165, 1.54) is 0 Å². The number of aliphatic carboxylic acids is 2. The van der Waals surface area contributed by atoms with Crippen LogP contribution in [0.4, 0.5) is 8.78 Å². The molecule has 7 heteroatoms. The summed E-state index contributed by atoms with van der Waals surface area (Å²) in [6.45, 7) is -1.66. The first kappa shape index (κ1) is 18.5. The van der Waals surface area contributed by atoms with Crippen LogP contribution in [-0.4, -0.2) is 25.3 Å². The third kappa shape index (κ3) is 33.8. The van der Waals surface area contributed by atoms with Crippen molar-refractivity contribution in [1.82, 2.24) is 0 Å². The first-order valence-electron chi connectivity index (χ1n) is 3.06. The van der Waals surface area contributed by atoms with Crippen molar-refractivity contribution in [3.8, 4) is 0 Å². The summed E-state index contributed by atoms with van der Waals surface area (Å²) in [6.07, 6.45) is -0.972. The Morgan fingerprint density at radius 2 is 1.15 bits per heavy atom. The first-order valence-corrected chi connectivity index (χ1v) is 3.06. The Kier molecular flexibility index (Phi) is 20.3. The molecule has 0 aromatic heterocycles. The zero-order valence-electron chi connectivity index (χ0n) is 6.92. The molecule has 13 heavy (non-hydrogen) atoms. The molecule has 0 spiro atoms. The molecule has 0 aliphatic heterocycles. The fourth-order valence-electron chi connectivity index (χ4n) is 0.154. The molecule has 0 aromatic rings. The summed E-state index contributed by atoms with van der Waals surface area (Å²) in [4.78, 5) is 18.5. The summed E-state index contributed by atoms with van der Waals surface area (Å²) in [6, 6.07) is 0. The van der Waals surface area contributed by atoms with Gasteiger partial charge in [0.1, 0.15) is 0 Å². The summed E-state index contributed by atoms with van der Waals surface area (Å²) in [5.41, 5.74) is 0. The summed E-state index contributed by atoms with van der Waals surface area (Å²) < 4.78 is 21.6. The van der Waals surface area contributed by atoms with Crippen molar-refractivity contribution in [1.29, 1.82) is 0 Å². The van der Waals surface area contributed by atoms with Crippen molar-refractivity contribution in [2.24, 2.45) is 0 Å². The van der Waals surface area contributed by atoms with Gasteiger partial charge in [-0.2, -0.15) is 0 Å². The summed E-state index contributed by atoms with van der Waals surface area (Å²) in [5, 5.41) is 18.5. The Hall–Kier alpha value is -0.278. The molecule has 0 aliphatic carbocycles. The number of carbonyl (C=O) groups excluding carboxylic acids is 2. The summed E-state index contributed by atoms with van der Waals surface area (Å²) >= 11 is 0. The molecule has 0 radical (unpaired) electrons. The van der Waals surface area contributed by atoms with E-state index in [2.05, 4.69) is 0 Å². The molecule has 0 fully saturated rings. The van der Waals surface area contributed by atoms with Crippen LogP contribution >= 0.6 is 0 Å². The molecular formula is C6H8CdF2O4. The molecule has 0 heterocycles. The van der Waals surface area contributed by atoms with E-state index < -0.39 is 38.1 Å². The van der Waals surface area contributed by atoms with E-state index in [0.29, 0.717) is 0 Å². The van der Waals surface area contributed by atoms with Crippen LogP contribution in [0, 0.1) is 0 Å². The maximum atomic E-state index is 10.8. The maximum Gasteiger partial charge on any atom is 2.00 e. The van der Waals surface area contributed by atoms with Crippen molar-refractivity contribution in [2.75, 3.05) is 13.3 Å². The molecule has 0 unspecified atom stereocenters. The molecule has 0 amide bonds. The Morgan fingerprint density at radius 1 is 0.923 bits per heavy atom. The second-order valence-electron chi connectivity index (χ2n) is 1.62. The second-order valence-corrected chi connectivity index (χ2v) is 1.62. The zero-order valence-corrected chi connectivity index (χ0v) is 11.0. The number of carbonyl (C=O) groups is 2. The van der Waals surface area contributed by atoms with E-state index in [4.69, 9.17) is 0 Å². The number of carboxylic acids is 2. The Balaban J connectivity index is -0.000000143. The third-order valence-corrected chi connectivity index (χ3v) is 0.597. The van der Waals surface area contributed by atoms with Gasteiger partial charge >= 0.3 is 27.3 Å². The average molecular weight is 295 g/mol. The van der Waals surface area contributed by atoms with Crippen LogP contribution in [0.5, 0.6) is 0 Å². The van der Waals surface area contributed by atoms with Crippen molar-refractivity contribution in [3.63, 3.8) is 0 Å². The Labute approximate surface area is 94.1 Å². The van der Waals surface area contributed by atoms with E-state index in [1.807, 2.05) is 0 Å². The second kappa shape index (κ2) is 14.3. The van der Waals surface area contributed by atoms with Gasteiger partial charge in [-0.25, -0.2) is 0 Å². The quantitative estimate of drug-likeness (QED) is 0.572. The van der Waals surface area contributed by atoms with Crippen molar-refractivity contribution >= 4 is 11.9 Å². The first-order chi connectivity index (χ1) is 5.54. The average Bonchev–Trinajstić information content (AvgIpc) is 1.87. The van der Waals surface area contributed by atoms with Crippen LogP contribution in [0.25, 0.3) is 0 Å². The number of halogens is 2. The smallest absolute Gasteiger partial charge is 0.550 e. The van der Waals surface area contributed by atoms with Crippen LogP contribution in [0.15, 0.2) is 0 Å². The van der Waals surface area contributed by atoms with E-state index in [1.54, 1.807) is 0 Å². The standard InChI is InChI=1S/2C3H5FO2.Cd/c2*4-2-1-3(5)6;/h2*1-2H2,(H,5,6);/q;;+2/p-2. The van der Waals surface area contributed by atoms with E-state index in [0.717, 1.165) is 0 Å². The Morgan fingerprint density at radius 3 is 1.15 bits per heavy atom. The molecule has 4 nitrogen and oxygen atoms in total. The largest absolute Gasteiger partial charge is 2.00 e. The van der Waals surface area contributed by atoms with Gasteiger partial charge in [0.25, 0.3) is 0 Å². The molecule has 0 saturated heterocycles. The van der Waals surface area contributed by atoms with Crippen molar-refractivity contribution in [3.05, 3.63) is 0 Å². The van der Waals surface area contributed by atoms with E-state index >= 15 is 0 Å².